The average molecular weight is 231 g/mol. The Kier molecular flexibility index (Phi) is 3.32. The Morgan fingerprint density at radius 3 is 2.67 bits per heavy atom. The molecule has 0 aliphatic carbocycles. The Balaban J connectivity index is 2.81. The van der Waals surface area contributed by atoms with Gasteiger partial charge in [0.2, 0.25) is 0 Å². The van der Waals surface area contributed by atoms with Crippen molar-refractivity contribution in [1.29, 1.82) is 0 Å². The number of rotatable bonds is 3. The number of nitrogens with zero attached hydrogens (tertiary/aromatic N) is 1. The fraction of sp³-hybridized carbons (Fsp3) is 0.667. The number of halogens is 1. The molecule has 0 unspecified atom stereocenters. The summed E-state index contributed by atoms with van der Waals surface area (Å²) in [4.78, 5) is 7.58. The zero-order valence-corrected chi connectivity index (χ0v) is 9.40. The van der Waals surface area contributed by atoms with Crippen LogP contribution >= 0.6 is 15.9 Å². The first-order valence-electron chi connectivity index (χ1n) is 4.36. The van der Waals surface area contributed by atoms with E-state index in [9.17, 15) is 0 Å². The van der Waals surface area contributed by atoms with Crippen molar-refractivity contribution in [2.75, 3.05) is 0 Å². The van der Waals surface area contributed by atoms with Gasteiger partial charge in [0.1, 0.15) is 0 Å². The van der Waals surface area contributed by atoms with Crippen molar-refractivity contribution < 1.29 is 0 Å². The molecule has 1 aromatic rings. The molecule has 0 aromatic carbocycles. The van der Waals surface area contributed by atoms with Crippen molar-refractivity contribution in [3.63, 3.8) is 0 Å². The Hall–Kier alpha value is -0.310. The summed E-state index contributed by atoms with van der Waals surface area (Å²) >= 11 is 3.35. The third-order valence-electron chi connectivity index (χ3n) is 1.78. The largest absolute Gasteiger partial charge is 0.336 e. The maximum absolute atomic E-state index is 4.34. The van der Waals surface area contributed by atoms with Gasteiger partial charge in [-0.3, -0.25) is 0 Å². The molecule has 1 aromatic heterocycles. The van der Waals surface area contributed by atoms with Gasteiger partial charge in [0.25, 0.3) is 0 Å². The molecule has 3 heteroatoms. The summed E-state index contributed by atoms with van der Waals surface area (Å²) in [7, 11) is 0. The van der Waals surface area contributed by atoms with E-state index >= 15 is 0 Å². The van der Waals surface area contributed by atoms with Crippen LogP contribution in [0, 0.1) is 5.92 Å². The lowest BCUT2D eigenvalue weighted by Gasteiger charge is -2.02. The minimum Gasteiger partial charge on any atom is -0.336 e. The van der Waals surface area contributed by atoms with Gasteiger partial charge in [-0.15, -0.1) is 0 Å². The van der Waals surface area contributed by atoms with Gasteiger partial charge in [-0.2, -0.15) is 0 Å². The van der Waals surface area contributed by atoms with E-state index in [1.807, 2.05) is 0 Å². The van der Waals surface area contributed by atoms with Crippen molar-refractivity contribution in [2.24, 2.45) is 5.92 Å². The molecule has 0 atom stereocenters. The van der Waals surface area contributed by atoms with E-state index in [-0.39, 0.29) is 0 Å². The number of H-pyrrole nitrogens is 1. The third-order valence-corrected chi connectivity index (χ3v) is 2.16. The van der Waals surface area contributed by atoms with Crippen molar-refractivity contribution in [3.8, 4) is 0 Å². The van der Waals surface area contributed by atoms with E-state index in [2.05, 4.69) is 46.7 Å². The van der Waals surface area contributed by atoms with E-state index in [1.165, 1.54) is 11.4 Å². The van der Waals surface area contributed by atoms with Gasteiger partial charge in [-0.25, -0.2) is 4.98 Å². The highest BCUT2D eigenvalue weighted by atomic mass is 79.9. The molecule has 0 saturated heterocycles. The molecule has 0 radical (unpaired) electrons. The van der Waals surface area contributed by atoms with Crippen LogP contribution in [0.25, 0.3) is 0 Å². The van der Waals surface area contributed by atoms with Crippen LogP contribution < -0.4 is 0 Å². The number of aromatic nitrogens is 2. The topological polar surface area (TPSA) is 28.7 Å². The Bertz CT molecular complexity index is 253. The predicted molar refractivity (Wildman–Crippen MR) is 54.2 cm³/mol. The first kappa shape index (κ1) is 9.78. The molecule has 0 bridgehead atoms. The Labute approximate surface area is 81.9 Å². The van der Waals surface area contributed by atoms with Gasteiger partial charge in [-0.05, 0) is 34.7 Å². The minimum absolute atomic E-state index is 0.683. The van der Waals surface area contributed by atoms with Crippen molar-refractivity contribution >= 4 is 15.9 Å². The number of aryl methyl sites for hydroxylation is 1. The molecule has 0 aliphatic rings. The van der Waals surface area contributed by atoms with Gasteiger partial charge in [-0.1, -0.05) is 20.8 Å². The monoisotopic (exact) mass is 230 g/mol. The van der Waals surface area contributed by atoms with E-state index < -0.39 is 0 Å². The maximum Gasteiger partial charge on any atom is 0.174 e. The summed E-state index contributed by atoms with van der Waals surface area (Å²) < 4.78 is 0.856. The standard InChI is InChI=1S/C9H15BrN2/c1-4-7-8(5-6(2)3)12-9(10)11-7/h6H,4-5H2,1-3H3,(H,11,12). The first-order valence-corrected chi connectivity index (χ1v) is 5.16. The number of nitrogens with one attached hydrogen (secondary N) is 1. The highest BCUT2D eigenvalue weighted by Gasteiger charge is 2.07. The van der Waals surface area contributed by atoms with Crippen LogP contribution in [0.5, 0.6) is 0 Å². The molecule has 1 N–H and O–H groups in total. The van der Waals surface area contributed by atoms with Crippen LogP contribution in [0.3, 0.4) is 0 Å². The van der Waals surface area contributed by atoms with Crippen LogP contribution in [-0.4, -0.2) is 9.97 Å². The average Bonchev–Trinajstić information content (AvgIpc) is 2.29. The van der Waals surface area contributed by atoms with Crippen molar-refractivity contribution in [3.05, 3.63) is 16.1 Å². The van der Waals surface area contributed by atoms with Crippen LogP contribution in [0.4, 0.5) is 0 Å². The highest BCUT2D eigenvalue weighted by molar-refractivity contribution is 9.10. The third kappa shape index (κ3) is 2.34. The van der Waals surface area contributed by atoms with Crippen molar-refractivity contribution in [1.82, 2.24) is 9.97 Å². The summed E-state index contributed by atoms with van der Waals surface area (Å²) in [5, 5.41) is 0. The molecule has 1 heterocycles. The molecular formula is C9H15BrN2. The van der Waals surface area contributed by atoms with Gasteiger partial charge in [0, 0.05) is 5.69 Å². The molecule has 0 amide bonds. The molecular weight excluding hydrogens is 216 g/mol. The molecule has 0 fully saturated rings. The molecule has 1 rings (SSSR count). The van der Waals surface area contributed by atoms with Gasteiger partial charge in [0.05, 0.1) is 5.69 Å². The van der Waals surface area contributed by atoms with Crippen LogP contribution in [0.15, 0.2) is 4.73 Å². The van der Waals surface area contributed by atoms with E-state index in [4.69, 9.17) is 0 Å². The zero-order chi connectivity index (χ0) is 9.14. The first-order chi connectivity index (χ1) is 5.63. The number of hydrogen-bond acceptors (Lipinski definition) is 1. The summed E-state index contributed by atoms with van der Waals surface area (Å²) in [6, 6.07) is 0. The molecule has 12 heavy (non-hydrogen) atoms. The lowest BCUT2D eigenvalue weighted by atomic mass is 10.1. The number of imidazole rings is 1. The number of aromatic amines is 1. The van der Waals surface area contributed by atoms with Crippen LogP contribution in [0.2, 0.25) is 0 Å². The number of hydrogen-bond donors (Lipinski definition) is 1. The molecule has 68 valence electrons. The minimum atomic E-state index is 0.683. The fourth-order valence-corrected chi connectivity index (χ4v) is 1.73. The second-order valence-corrected chi connectivity index (χ2v) is 4.16. The molecule has 0 saturated carbocycles. The molecule has 2 nitrogen and oxygen atoms in total. The summed E-state index contributed by atoms with van der Waals surface area (Å²) in [5.74, 6) is 0.683. The summed E-state index contributed by atoms with van der Waals surface area (Å²) in [6.07, 6.45) is 2.09. The highest BCUT2D eigenvalue weighted by Crippen LogP contribution is 2.15. The van der Waals surface area contributed by atoms with E-state index in [0.717, 1.165) is 17.6 Å². The SMILES string of the molecule is CCc1nc(Br)[nH]c1CC(C)C. The predicted octanol–water partition coefficient (Wildman–Crippen LogP) is 2.93. The fourth-order valence-electron chi connectivity index (χ4n) is 1.28. The molecule has 0 spiro atoms. The van der Waals surface area contributed by atoms with E-state index in [1.54, 1.807) is 0 Å². The lowest BCUT2D eigenvalue weighted by Crippen LogP contribution is -1.97. The quantitative estimate of drug-likeness (QED) is 0.851. The van der Waals surface area contributed by atoms with Crippen LogP contribution in [-0.2, 0) is 12.8 Å². The molecule has 0 aliphatic heterocycles. The summed E-state index contributed by atoms with van der Waals surface area (Å²) in [5.41, 5.74) is 2.47. The lowest BCUT2D eigenvalue weighted by molar-refractivity contribution is 0.632. The zero-order valence-electron chi connectivity index (χ0n) is 7.82. The second kappa shape index (κ2) is 4.08. The van der Waals surface area contributed by atoms with Crippen molar-refractivity contribution in [2.45, 2.75) is 33.6 Å². The van der Waals surface area contributed by atoms with Gasteiger partial charge in [0.15, 0.2) is 4.73 Å². The maximum atomic E-state index is 4.34. The Morgan fingerprint density at radius 2 is 2.17 bits per heavy atom. The summed E-state index contributed by atoms with van der Waals surface area (Å²) in [6.45, 7) is 6.56. The van der Waals surface area contributed by atoms with E-state index in [0.29, 0.717) is 5.92 Å². The Morgan fingerprint density at radius 1 is 1.50 bits per heavy atom. The normalized spacial score (nSPS) is 11.1. The van der Waals surface area contributed by atoms with Crippen LogP contribution in [0.1, 0.15) is 32.2 Å². The van der Waals surface area contributed by atoms with Gasteiger partial charge >= 0.3 is 0 Å². The second-order valence-electron chi connectivity index (χ2n) is 3.40. The smallest absolute Gasteiger partial charge is 0.174 e. The van der Waals surface area contributed by atoms with Gasteiger partial charge < -0.3 is 4.98 Å².